The molecule has 0 fully saturated rings. The largest absolute Gasteiger partial charge is 0.314 e. The van der Waals surface area contributed by atoms with Gasteiger partial charge in [-0.3, -0.25) is 0 Å². The summed E-state index contributed by atoms with van der Waals surface area (Å²) in [6.45, 7) is 2.80. The number of benzene rings is 1. The van der Waals surface area contributed by atoms with Gasteiger partial charge < -0.3 is 5.32 Å². The molecule has 0 radical (unpaired) electrons. The summed E-state index contributed by atoms with van der Waals surface area (Å²) in [5, 5.41) is 4.06. The number of thiazole rings is 1. The molecule has 2 nitrogen and oxygen atoms in total. The highest BCUT2D eigenvalue weighted by Gasteiger charge is 2.11. The van der Waals surface area contributed by atoms with Gasteiger partial charge in [-0.15, -0.1) is 11.3 Å². The second kappa shape index (κ2) is 4.95. The number of nitrogens with one attached hydrogen (secondary N) is 1. The fraction of sp³-hybridized carbons (Fsp3) is 0.250. The van der Waals surface area contributed by atoms with E-state index in [9.17, 15) is 0 Å². The summed E-state index contributed by atoms with van der Waals surface area (Å²) in [6, 6.07) is 8.22. The highest BCUT2D eigenvalue weighted by Crippen LogP contribution is 2.33. The van der Waals surface area contributed by atoms with Gasteiger partial charge in [-0.1, -0.05) is 35.9 Å². The molecule has 0 aliphatic rings. The van der Waals surface area contributed by atoms with Gasteiger partial charge in [0.1, 0.15) is 9.34 Å². The summed E-state index contributed by atoms with van der Waals surface area (Å²) in [5.41, 5.74) is 3.31. The molecule has 0 bridgehead atoms. The molecule has 0 atom stereocenters. The molecule has 16 heavy (non-hydrogen) atoms. The number of aryl methyl sites for hydroxylation is 1. The van der Waals surface area contributed by atoms with Crippen molar-refractivity contribution in [2.24, 2.45) is 0 Å². The van der Waals surface area contributed by atoms with E-state index in [1.807, 2.05) is 19.2 Å². The Morgan fingerprint density at radius 2 is 2.12 bits per heavy atom. The molecule has 2 aromatic rings. The van der Waals surface area contributed by atoms with Crippen LogP contribution in [0.2, 0.25) is 4.34 Å². The van der Waals surface area contributed by atoms with Crippen LogP contribution in [0.5, 0.6) is 0 Å². The van der Waals surface area contributed by atoms with E-state index in [2.05, 4.69) is 29.4 Å². The summed E-state index contributed by atoms with van der Waals surface area (Å²) in [7, 11) is 1.89. The molecule has 1 N–H and O–H groups in total. The molecule has 0 saturated carbocycles. The minimum atomic E-state index is 0.710. The Morgan fingerprint density at radius 1 is 1.38 bits per heavy atom. The molecule has 84 valence electrons. The Kier molecular flexibility index (Phi) is 3.59. The zero-order valence-corrected chi connectivity index (χ0v) is 10.8. The third kappa shape index (κ3) is 2.26. The third-order valence-electron chi connectivity index (χ3n) is 2.37. The second-order valence-corrected chi connectivity index (χ2v) is 5.19. The van der Waals surface area contributed by atoms with Crippen molar-refractivity contribution in [3.63, 3.8) is 0 Å². The standard InChI is InChI=1S/C12H13ClN2S/c1-8-5-3-4-6-9(8)12-15-10(7-14-2)11(13)16-12/h3-6,14H,7H2,1-2H3. The first-order valence-corrected chi connectivity index (χ1v) is 6.27. The first kappa shape index (κ1) is 11.6. The van der Waals surface area contributed by atoms with Crippen molar-refractivity contribution in [2.75, 3.05) is 7.05 Å². The van der Waals surface area contributed by atoms with E-state index in [-0.39, 0.29) is 0 Å². The minimum Gasteiger partial charge on any atom is -0.314 e. The molecule has 1 aromatic carbocycles. The van der Waals surface area contributed by atoms with E-state index in [1.54, 1.807) is 0 Å². The molecule has 0 saturated heterocycles. The van der Waals surface area contributed by atoms with Crippen molar-refractivity contribution in [3.05, 3.63) is 39.9 Å². The molecule has 4 heteroatoms. The molecule has 1 aromatic heterocycles. The summed E-state index contributed by atoms with van der Waals surface area (Å²) in [5.74, 6) is 0. The quantitative estimate of drug-likeness (QED) is 0.905. The van der Waals surface area contributed by atoms with Crippen LogP contribution in [0.1, 0.15) is 11.3 Å². The lowest BCUT2D eigenvalue weighted by Crippen LogP contribution is -2.05. The molecular formula is C12H13ClN2S. The number of aromatic nitrogens is 1. The van der Waals surface area contributed by atoms with Crippen molar-refractivity contribution < 1.29 is 0 Å². The maximum atomic E-state index is 6.14. The average molecular weight is 253 g/mol. The topological polar surface area (TPSA) is 24.9 Å². The molecular weight excluding hydrogens is 240 g/mol. The predicted octanol–water partition coefficient (Wildman–Crippen LogP) is 3.49. The molecule has 1 heterocycles. The Morgan fingerprint density at radius 3 is 2.81 bits per heavy atom. The van der Waals surface area contributed by atoms with E-state index in [4.69, 9.17) is 11.6 Å². The van der Waals surface area contributed by atoms with Crippen LogP contribution in [0.4, 0.5) is 0 Å². The van der Waals surface area contributed by atoms with E-state index in [1.165, 1.54) is 16.9 Å². The van der Waals surface area contributed by atoms with Gasteiger partial charge in [0, 0.05) is 12.1 Å². The lowest BCUT2D eigenvalue weighted by Gasteiger charge is -2.00. The summed E-state index contributed by atoms with van der Waals surface area (Å²) in [6.07, 6.45) is 0. The van der Waals surface area contributed by atoms with Crippen LogP contribution >= 0.6 is 22.9 Å². The van der Waals surface area contributed by atoms with Crippen molar-refractivity contribution >= 4 is 22.9 Å². The summed E-state index contributed by atoms with van der Waals surface area (Å²) >= 11 is 7.68. The lowest BCUT2D eigenvalue weighted by atomic mass is 10.1. The highest BCUT2D eigenvalue weighted by molar-refractivity contribution is 7.19. The van der Waals surface area contributed by atoms with Gasteiger partial charge in [-0.2, -0.15) is 0 Å². The van der Waals surface area contributed by atoms with Crippen molar-refractivity contribution in [1.29, 1.82) is 0 Å². The van der Waals surface area contributed by atoms with E-state index < -0.39 is 0 Å². The first-order valence-electron chi connectivity index (χ1n) is 5.08. The lowest BCUT2D eigenvalue weighted by molar-refractivity contribution is 0.798. The van der Waals surface area contributed by atoms with Gasteiger partial charge in [-0.25, -0.2) is 4.98 Å². The Balaban J connectivity index is 2.42. The smallest absolute Gasteiger partial charge is 0.125 e. The van der Waals surface area contributed by atoms with Crippen molar-refractivity contribution in [1.82, 2.24) is 10.3 Å². The molecule has 0 spiro atoms. The third-order valence-corrected chi connectivity index (χ3v) is 3.74. The molecule has 0 aliphatic carbocycles. The van der Waals surface area contributed by atoms with Crippen LogP contribution in [-0.2, 0) is 6.54 Å². The fourth-order valence-corrected chi connectivity index (χ4v) is 2.77. The van der Waals surface area contributed by atoms with Crippen molar-refractivity contribution in [2.45, 2.75) is 13.5 Å². The first-order chi connectivity index (χ1) is 7.72. The molecule has 2 rings (SSSR count). The molecule has 0 unspecified atom stereocenters. The van der Waals surface area contributed by atoms with Gasteiger partial charge in [0.05, 0.1) is 5.69 Å². The van der Waals surface area contributed by atoms with E-state index in [0.717, 1.165) is 20.6 Å². The van der Waals surface area contributed by atoms with E-state index >= 15 is 0 Å². The van der Waals surface area contributed by atoms with Crippen LogP contribution in [0.3, 0.4) is 0 Å². The number of hydrogen-bond donors (Lipinski definition) is 1. The zero-order valence-electron chi connectivity index (χ0n) is 9.25. The summed E-state index contributed by atoms with van der Waals surface area (Å²) < 4.78 is 0.771. The van der Waals surface area contributed by atoms with Gasteiger partial charge in [0.15, 0.2) is 0 Å². The number of hydrogen-bond acceptors (Lipinski definition) is 3. The number of halogens is 1. The normalized spacial score (nSPS) is 10.7. The highest BCUT2D eigenvalue weighted by atomic mass is 35.5. The van der Waals surface area contributed by atoms with Crippen LogP contribution in [0, 0.1) is 6.92 Å². The second-order valence-electron chi connectivity index (χ2n) is 3.58. The zero-order chi connectivity index (χ0) is 11.5. The predicted molar refractivity (Wildman–Crippen MR) is 70.1 cm³/mol. The Hall–Kier alpha value is -0.900. The molecule has 0 aliphatic heterocycles. The SMILES string of the molecule is CNCc1nc(-c2ccccc2C)sc1Cl. The monoisotopic (exact) mass is 252 g/mol. The van der Waals surface area contributed by atoms with Crippen LogP contribution in [-0.4, -0.2) is 12.0 Å². The maximum Gasteiger partial charge on any atom is 0.125 e. The average Bonchev–Trinajstić information content (AvgIpc) is 2.61. The van der Waals surface area contributed by atoms with Gasteiger partial charge in [-0.05, 0) is 19.5 Å². The Labute approximate surface area is 104 Å². The number of nitrogens with zero attached hydrogens (tertiary/aromatic N) is 1. The molecule has 0 amide bonds. The van der Waals surface area contributed by atoms with Gasteiger partial charge in [0.2, 0.25) is 0 Å². The van der Waals surface area contributed by atoms with Crippen LogP contribution < -0.4 is 5.32 Å². The van der Waals surface area contributed by atoms with Crippen LogP contribution in [0.15, 0.2) is 24.3 Å². The fourth-order valence-electron chi connectivity index (χ4n) is 1.54. The van der Waals surface area contributed by atoms with Crippen molar-refractivity contribution in [3.8, 4) is 10.6 Å². The van der Waals surface area contributed by atoms with E-state index in [0.29, 0.717) is 6.54 Å². The minimum absolute atomic E-state index is 0.710. The van der Waals surface area contributed by atoms with Gasteiger partial charge >= 0.3 is 0 Å². The van der Waals surface area contributed by atoms with Crippen LogP contribution in [0.25, 0.3) is 10.6 Å². The number of rotatable bonds is 3. The Bertz CT molecular complexity index is 494. The maximum absolute atomic E-state index is 6.14. The van der Waals surface area contributed by atoms with Gasteiger partial charge in [0.25, 0.3) is 0 Å². The summed E-state index contributed by atoms with van der Waals surface area (Å²) in [4.78, 5) is 4.55.